The first-order valence-corrected chi connectivity index (χ1v) is 7.60. The van der Waals surface area contributed by atoms with E-state index in [2.05, 4.69) is 10.5 Å². The number of para-hydroxylation sites is 1. The van der Waals surface area contributed by atoms with Crippen molar-refractivity contribution in [3.05, 3.63) is 53.6 Å². The van der Waals surface area contributed by atoms with Crippen molar-refractivity contribution < 1.29 is 14.3 Å². The zero-order valence-electron chi connectivity index (χ0n) is 13.8. The molecule has 0 aliphatic rings. The SMILES string of the molecule is CCOc1cccc(/C=N\NC(=O)Cc2ccc(N)cc2)c1OC. The van der Waals surface area contributed by atoms with Crippen molar-refractivity contribution in [2.24, 2.45) is 5.10 Å². The van der Waals surface area contributed by atoms with Crippen LogP contribution in [0.1, 0.15) is 18.1 Å². The number of methoxy groups -OCH3 is 1. The zero-order valence-corrected chi connectivity index (χ0v) is 13.8. The van der Waals surface area contributed by atoms with Crippen LogP contribution < -0.4 is 20.6 Å². The lowest BCUT2D eigenvalue weighted by atomic mass is 10.1. The third-order valence-corrected chi connectivity index (χ3v) is 3.25. The number of carbonyl (C=O) groups excluding carboxylic acids is 1. The fraction of sp³-hybridized carbons (Fsp3) is 0.222. The van der Waals surface area contributed by atoms with Crippen molar-refractivity contribution in [2.75, 3.05) is 19.5 Å². The predicted molar refractivity (Wildman–Crippen MR) is 94.5 cm³/mol. The van der Waals surface area contributed by atoms with Crippen LogP contribution in [0, 0.1) is 0 Å². The molecule has 0 bridgehead atoms. The quantitative estimate of drug-likeness (QED) is 0.464. The smallest absolute Gasteiger partial charge is 0.244 e. The van der Waals surface area contributed by atoms with Crippen LogP contribution in [0.2, 0.25) is 0 Å². The van der Waals surface area contributed by atoms with Crippen LogP contribution in [0.3, 0.4) is 0 Å². The summed E-state index contributed by atoms with van der Waals surface area (Å²) in [5, 5.41) is 3.98. The molecule has 0 saturated heterocycles. The number of nitrogens with zero attached hydrogens (tertiary/aromatic N) is 1. The van der Waals surface area contributed by atoms with E-state index >= 15 is 0 Å². The highest BCUT2D eigenvalue weighted by Gasteiger charge is 2.08. The molecule has 0 aromatic heterocycles. The molecule has 126 valence electrons. The fourth-order valence-corrected chi connectivity index (χ4v) is 2.16. The largest absolute Gasteiger partial charge is 0.492 e. The number of hydrogen-bond donors (Lipinski definition) is 2. The Morgan fingerprint density at radius 1 is 1.25 bits per heavy atom. The summed E-state index contributed by atoms with van der Waals surface area (Å²) in [5.41, 5.74) is 10.4. The third-order valence-electron chi connectivity index (χ3n) is 3.25. The maximum Gasteiger partial charge on any atom is 0.244 e. The van der Waals surface area contributed by atoms with Crippen molar-refractivity contribution in [2.45, 2.75) is 13.3 Å². The van der Waals surface area contributed by atoms with E-state index in [-0.39, 0.29) is 12.3 Å². The van der Waals surface area contributed by atoms with Gasteiger partial charge in [0.2, 0.25) is 5.91 Å². The van der Waals surface area contributed by atoms with Gasteiger partial charge in [0, 0.05) is 11.3 Å². The third kappa shape index (κ3) is 4.74. The molecule has 0 saturated carbocycles. The molecule has 6 nitrogen and oxygen atoms in total. The van der Waals surface area contributed by atoms with Crippen LogP contribution in [0.15, 0.2) is 47.6 Å². The number of rotatable bonds is 7. The molecule has 0 unspecified atom stereocenters. The first kappa shape index (κ1) is 17.3. The maximum atomic E-state index is 11.9. The molecule has 3 N–H and O–H groups in total. The van der Waals surface area contributed by atoms with Crippen LogP contribution in [0.25, 0.3) is 0 Å². The minimum absolute atomic E-state index is 0.212. The fourth-order valence-electron chi connectivity index (χ4n) is 2.16. The molecule has 1 amide bonds. The highest BCUT2D eigenvalue weighted by molar-refractivity contribution is 5.86. The van der Waals surface area contributed by atoms with E-state index < -0.39 is 0 Å². The summed E-state index contributed by atoms with van der Waals surface area (Å²) in [4.78, 5) is 11.9. The van der Waals surface area contributed by atoms with E-state index in [1.54, 1.807) is 19.2 Å². The van der Waals surface area contributed by atoms with Gasteiger partial charge >= 0.3 is 0 Å². The van der Waals surface area contributed by atoms with Gasteiger partial charge < -0.3 is 15.2 Å². The molecule has 0 spiro atoms. The Labute approximate surface area is 141 Å². The predicted octanol–water partition coefficient (Wildman–Crippen LogP) is 2.37. The standard InChI is InChI=1S/C18H21N3O3/c1-3-24-16-6-4-5-14(18(16)23-2)12-20-21-17(22)11-13-7-9-15(19)10-8-13/h4-10,12H,3,11,19H2,1-2H3,(H,21,22)/b20-12-. The molecule has 2 aromatic rings. The lowest BCUT2D eigenvalue weighted by Crippen LogP contribution is -2.19. The summed E-state index contributed by atoms with van der Waals surface area (Å²) in [6.07, 6.45) is 1.76. The van der Waals surface area contributed by atoms with E-state index in [0.29, 0.717) is 23.8 Å². The second kappa shape index (κ2) is 8.57. The van der Waals surface area contributed by atoms with Gasteiger partial charge in [0.1, 0.15) is 0 Å². The van der Waals surface area contributed by atoms with Crippen molar-refractivity contribution in [3.8, 4) is 11.5 Å². The Morgan fingerprint density at radius 2 is 2.00 bits per heavy atom. The lowest BCUT2D eigenvalue weighted by Gasteiger charge is -2.11. The zero-order chi connectivity index (χ0) is 17.4. The van der Waals surface area contributed by atoms with Crippen LogP contribution in [0.4, 0.5) is 5.69 Å². The minimum Gasteiger partial charge on any atom is -0.492 e. The molecule has 24 heavy (non-hydrogen) atoms. The van der Waals surface area contributed by atoms with Crippen LogP contribution in [-0.2, 0) is 11.2 Å². The van der Waals surface area contributed by atoms with Gasteiger partial charge in [0.25, 0.3) is 0 Å². The molecule has 0 radical (unpaired) electrons. The molecule has 0 aliphatic carbocycles. The number of amides is 1. The summed E-state index contributed by atoms with van der Waals surface area (Å²) in [5.74, 6) is 1.00. The van der Waals surface area contributed by atoms with Gasteiger partial charge in [-0.2, -0.15) is 5.10 Å². The second-order valence-electron chi connectivity index (χ2n) is 5.02. The van der Waals surface area contributed by atoms with Gasteiger partial charge in [0.05, 0.1) is 26.4 Å². The normalized spacial score (nSPS) is 10.6. The van der Waals surface area contributed by atoms with Crippen LogP contribution in [-0.4, -0.2) is 25.8 Å². The van der Waals surface area contributed by atoms with E-state index in [9.17, 15) is 4.79 Å². The van der Waals surface area contributed by atoms with Gasteiger partial charge in [-0.1, -0.05) is 18.2 Å². The van der Waals surface area contributed by atoms with Gasteiger partial charge in [0.15, 0.2) is 11.5 Å². The van der Waals surface area contributed by atoms with E-state index in [1.165, 1.54) is 6.21 Å². The molecule has 0 aliphatic heterocycles. The Kier molecular flexibility index (Phi) is 6.19. The Morgan fingerprint density at radius 3 is 2.67 bits per heavy atom. The molecule has 6 heteroatoms. The number of nitrogens with one attached hydrogen (secondary N) is 1. The number of benzene rings is 2. The average molecular weight is 327 g/mol. The topological polar surface area (TPSA) is 85.9 Å². The van der Waals surface area contributed by atoms with E-state index in [4.69, 9.17) is 15.2 Å². The van der Waals surface area contributed by atoms with Crippen molar-refractivity contribution in [1.82, 2.24) is 5.43 Å². The number of nitrogens with two attached hydrogens (primary N) is 1. The number of anilines is 1. The second-order valence-corrected chi connectivity index (χ2v) is 5.02. The van der Waals surface area contributed by atoms with Gasteiger partial charge in [-0.25, -0.2) is 5.43 Å². The van der Waals surface area contributed by atoms with Gasteiger partial charge in [-0.15, -0.1) is 0 Å². The highest BCUT2D eigenvalue weighted by atomic mass is 16.5. The monoisotopic (exact) mass is 327 g/mol. The summed E-state index contributed by atoms with van der Waals surface area (Å²) in [6.45, 7) is 2.44. The Bertz CT molecular complexity index is 712. The van der Waals surface area contributed by atoms with Crippen molar-refractivity contribution >= 4 is 17.8 Å². The van der Waals surface area contributed by atoms with E-state index in [1.807, 2.05) is 37.3 Å². The molecule has 0 atom stereocenters. The molecular weight excluding hydrogens is 306 g/mol. The average Bonchev–Trinajstić information content (AvgIpc) is 2.57. The van der Waals surface area contributed by atoms with E-state index in [0.717, 1.165) is 11.1 Å². The van der Waals surface area contributed by atoms with Crippen molar-refractivity contribution in [3.63, 3.8) is 0 Å². The number of hydrogen-bond acceptors (Lipinski definition) is 5. The lowest BCUT2D eigenvalue weighted by molar-refractivity contribution is -0.120. The molecule has 0 heterocycles. The number of ether oxygens (including phenoxy) is 2. The highest BCUT2D eigenvalue weighted by Crippen LogP contribution is 2.29. The number of hydrazone groups is 1. The Hall–Kier alpha value is -3.02. The molecule has 0 fully saturated rings. The molecule has 2 aromatic carbocycles. The van der Waals surface area contributed by atoms with Crippen LogP contribution >= 0.6 is 0 Å². The van der Waals surface area contributed by atoms with Gasteiger partial charge in [-0.3, -0.25) is 4.79 Å². The summed E-state index contributed by atoms with van der Waals surface area (Å²) < 4.78 is 10.9. The minimum atomic E-state index is -0.212. The molecule has 2 rings (SSSR count). The first-order valence-electron chi connectivity index (χ1n) is 7.60. The van der Waals surface area contributed by atoms with Crippen LogP contribution in [0.5, 0.6) is 11.5 Å². The Balaban J connectivity index is 1.99. The number of nitrogen functional groups attached to an aromatic ring is 1. The van der Waals surface area contributed by atoms with Gasteiger partial charge in [-0.05, 0) is 36.8 Å². The maximum absolute atomic E-state index is 11.9. The van der Waals surface area contributed by atoms with Crippen molar-refractivity contribution in [1.29, 1.82) is 0 Å². The molecular formula is C18H21N3O3. The summed E-state index contributed by atoms with van der Waals surface area (Å²) in [7, 11) is 1.56. The first-order chi connectivity index (χ1) is 11.6. The summed E-state index contributed by atoms with van der Waals surface area (Å²) >= 11 is 0. The number of carbonyl (C=O) groups is 1. The summed E-state index contributed by atoms with van der Waals surface area (Å²) in [6, 6.07) is 12.6.